The molecule has 82 valence electrons. The minimum atomic E-state index is -1.02. The molecule has 0 spiro atoms. The third-order valence-corrected chi connectivity index (χ3v) is 4.73. The molecule has 0 saturated heterocycles. The second-order valence-electron chi connectivity index (χ2n) is 5.71. The fraction of sp³-hybridized carbons (Fsp3) is 0.818. The summed E-state index contributed by atoms with van der Waals surface area (Å²) in [5.41, 5.74) is 0.200. The van der Waals surface area contributed by atoms with E-state index in [1.165, 1.54) is 5.01 Å². The lowest BCUT2D eigenvalue weighted by Crippen LogP contribution is -2.47. The van der Waals surface area contributed by atoms with E-state index in [1.807, 2.05) is 6.92 Å². The van der Waals surface area contributed by atoms with Crippen LogP contribution in [0.2, 0.25) is 0 Å². The molecule has 2 fully saturated rings. The van der Waals surface area contributed by atoms with Crippen molar-refractivity contribution in [2.45, 2.75) is 32.9 Å². The number of amides is 1. The Hall–Kier alpha value is -0.900. The normalized spacial score (nSPS) is 49.7. The van der Waals surface area contributed by atoms with Crippen molar-refractivity contribution in [2.75, 3.05) is 0 Å². The van der Waals surface area contributed by atoms with Gasteiger partial charge >= 0.3 is 0 Å². The molecule has 1 heterocycles. The van der Waals surface area contributed by atoms with E-state index in [-0.39, 0.29) is 5.92 Å². The van der Waals surface area contributed by atoms with Gasteiger partial charge in [0.15, 0.2) is 5.72 Å². The highest BCUT2D eigenvalue weighted by Crippen LogP contribution is 2.73. The van der Waals surface area contributed by atoms with Crippen LogP contribution in [-0.2, 0) is 4.79 Å². The maximum atomic E-state index is 10.8. The van der Waals surface area contributed by atoms with Crippen LogP contribution in [0.3, 0.4) is 0 Å². The Morgan fingerprint density at radius 3 is 2.87 bits per heavy atom. The highest BCUT2D eigenvalue weighted by molar-refractivity contribution is 5.89. The van der Waals surface area contributed by atoms with E-state index in [4.69, 9.17) is 0 Å². The van der Waals surface area contributed by atoms with Gasteiger partial charge in [0.05, 0.1) is 5.92 Å². The molecular formula is C11H16N2O2. The first-order chi connectivity index (χ1) is 6.93. The predicted octanol–water partition coefficient (Wildman–Crippen LogP) is 0.815. The van der Waals surface area contributed by atoms with Crippen LogP contribution in [0.15, 0.2) is 5.10 Å². The molecular weight excluding hydrogens is 192 g/mol. The number of fused-ring (bicyclic) bond motifs is 3. The van der Waals surface area contributed by atoms with Crippen LogP contribution < -0.4 is 0 Å². The summed E-state index contributed by atoms with van der Waals surface area (Å²) in [5.74, 6) is 1.10. The van der Waals surface area contributed by atoms with Gasteiger partial charge in [-0.3, -0.25) is 4.79 Å². The molecule has 3 aliphatic rings. The molecule has 0 aromatic heterocycles. The summed E-state index contributed by atoms with van der Waals surface area (Å²) in [4.78, 5) is 10.8. The second-order valence-corrected chi connectivity index (χ2v) is 5.71. The standard InChI is InChI=1S/C11H16N2O2/c1-6-8-9-7(10(9,2)3)4-11(8,15)13(5-14)12-6/h5,7-9,15H,4H2,1-3H3/t7-,8+,9-,11+/m1/s1. The number of rotatable bonds is 1. The van der Waals surface area contributed by atoms with E-state index in [2.05, 4.69) is 18.9 Å². The van der Waals surface area contributed by atoms with Crippen molar-refractivity contribution in [3.63, 3.8) is 0 Å². The molecule has 2 saturated carbocycles. The number of hydrazone groups is 1. The monoisotopic (exact) mass is 208 g/mol. The fourth-order valence-electron chi connectivity index (χ4n) is 3.84. The van der Waals surface area contributed by atoms with Gasteiger partial charge in [-0.1, -0.05) is 13.8 Å². The van der Waals surface area contributed by atoms with E-state index in [9.17, 15) is 9.90 Å². The van der Waals surface area contributed by atoms with Gasteiger partial charge < -0.3 is 5.11 Å². The average Bonchev–Trinajstić information content (AvgIpc) is 2.48. The van der Waals surface area contributed by atoms with Crippen LogP contribution in [0.5, 0.6) is 0 Å². The average molecular weight is 208 g/mol. The maximum Gasteiger partial charge on any atom is 0.232 e. The van der Waals surface area contributed by atoms with E-state index in [0.29, 0.717) is 30.1 Å². The van der Waals surface area contributed by atoms with Crippen molar-refractivity contribution in [3.05, 3.63) is 0 Å². The van der Waals surface area contributed by atoms with Gasteiger partial charge in [-0.05, 0) is 24.2 Å². The molecule has 0 radical (unpaired) electrons. The molecule has 1 aliphatic heterocycles. The molecule has 1 N–H and O–H groups in total. The lowest BCUT2D eigenvalue weighted by atomic mass is 9.84. The Bertz CT molecular complexity index is 377. The van der Waals surface area contributed by atoms with E-state index < -0.39 is 5.72 Å². The summed E-state index contributed by atoms with van der Waals surface area (Å²) < 4.78 is 0. The summed E-state index contributed by atoms with van der Waals surface area (Å²) in [6, 6.07) is 0. The summed E-state index contributed by atoms with van der Waals surface area (Å²) in [5, 5.41) is 15.8. The molecule has 0 aromatic carbocycles. The first kappa shape index (κ1) is 9.33. The molecule has 1 amide bonds. The Morgan fingerprint density at radius 1 is 1.60 bits per heavy atom. The van der Waals surface area contributed by atoms with Crippen molar-refractivity contribution < 1.29 is 9.90 Å². The smallest absolute Gasteiger partial charge is 0.232 e. The first-order valence-electron chi connectivity index (χ1n) is 5.45. The first-order valence-corrected chi connectivity index (χ1v) is 5.45. The van der Waals surface area contributed by atoms with Crippen LogP contribution >= 0.6 is 0 Å². The van der Waals surface area contributed by atoms with Crippen LogP contribution in [0.4, 0.5) is 0 Å². The van der Waals surface area contributed by atoms with Gasteiger partial charge in [0, 0.05) is 12.1 Å². The Balaban J connectivity index is 2.00. The second kappa shape index (κ2) is 2.26. The predicted molar refractivity (Wildman–Crippen MR) is 54.8 cm³/mol. The molecule has 2 aliphatic carbocycles. The van der Waals surface area contributed by atoms with Crippen molar-refractivity contribution in [1.29, 1.82) is 0 Å². The van der Waals surface area contributed by atoms with Gasteiger partial charge in [-0.2, -0.15) is 5.10 Å². The van der Waals surface area contributed by atoms with Crippen LogP contribution in [0.25, 0.3) is 0 Å². The van der Waals surface area contributed by atoms with Crippen LogP contribution in [-0.4, -0.2) is 28.0 Å². The third kappa shape index (κ3) is 0.830. The zero-order chi connectivity index (χ0) is 11.0. The summed E-state index contributed by atoms with van der Waals surface area (Å²) in [6.07, 6.45) is 1.32. The van der Waals surface area contributed by atoms with Crippen molar-refractivity contribution in [3.8, 4) is 0 Å². The molecule has 0 aromatic rings. The number of aliphatic hydroxyl groups is 1. The molecule has 3 rings (SSSR count). The van der Waals surface area contributed by atoms with E-state index >= 15 is 0 Å². The fourth-order valence-corrected chi connectivity index (χ4v) is 3.84. The summed E-state index contributed by atoms with van der Waals surface area (Å²) in [7, 11) is 0. The van der Waals surface area contributed by atoms with Crippen molar-refractivity contribution in [1.82, 2.24) is 5.01 Å². The molecule has 0 bridgehead atoms. The van der Waals surface area contributed by atoms with Gasteiger partial charge in [0.25, 0.3) is 0 Å². The number of nitrogens with zero attached hydrogens (tertiary/aromatic N) is 2. The Labute approximate surface area is 89.0 Å². The SMILES string of the molecule is CC1=NN(C=O)[C@]2(O)C[C@@H]3[C@H]([C@H]12)C3(C)C. The highest BCUT2D eigenvalue weighted by atomic mass is 16.3. The van der Waals surface area contributed by atoms with E-state index in [0.717, 1.165) is 5.71 Å². The Kier molecular flexibility index (Phi) is 1.41. The lowest BCUT2D eigenvalue weighted by Gasteiger charge is -2.32. The zero-order valence-electron chi connectivity index (χ0n) is 9.27. The number of carbonyl (C=O) groups is 1. The van der Waals surface area contributed by atoms with Crippen molar-refractivity contribution in [2.24, 2.45) is 28.3 Å². The number of carbonyl (C=O) groups excluding carboxylic acids is 1. The lowest BCUT2D eigenvalue weighted by molar-refractivity contribution is -0.150. The maximum absolute atomic E-state index is 10.8. The molecule has 4 nitrogen and oxygen atoms in total. The van der Waals surface area contributed by atoms with Gasteiger partial charge in [0.2, 0.25) is 6.41 Å². The molecule has 0 unspecified atom stereocenters. The summed E-state index contributed by atoms with van der Waals surface area (Å²) in [6.45, 7) is 6.38. The van der Waals surface area contributed by atoms with E-state index in [1.54, 1.807) is 0 Å². The number of hydrogen-bond acceptors (Lipinski definition) is 3. The molecule has 4 atom stereocenters. The zero-order valence-corrected chi connectivity index (χ0v) is 9.27. The van der Waals surface area contributed by atoms with Crippen LogP contribution in [0, 0.1) is 23.2 Å². The molecule has 15 heavy (non-hydrogen) atoms. The quantitative estimate of drug-likeness (QED) is 0.648. The minimum Gasteiger partial charge on any atom is -0.368 e. The minimum absolute atomic E-state index is 0.0581. The van der Waals surface area contributed by atoms with Gasteiger partial charge in [-0.15, -0.1) is 0 Å². The molecule has 4 heteroatoms. The van der Waals surface area contributed by atoms with Crippen molar-refractivity contribution >= 4 is 12.1 Å². The highest BCUT2D eigenvalue weighted by Gasteiger charge is 2.75. The van der Waals surface area contributed by atoms with Crippen LogP contribution in [0.1, 0.15) is 27.2 Å². The third-order valence-electron chi connectivity index (χ3n) is 4.73. The van der Waals surface area contributed by atoms with Gasteiger partial charge in [-0.25, -0.2) is 5.01 Å². The summed E-state index contributed by atoms with van der Waals surface area (Å²) >= 11 is 0. The number of hydrogen-bond donors (Lipinski definition) is 1. The topological polar surface area (TPSA) is 52.9 Å². The van der Waals surface area contributed by atoms with Gasteiger partial charge in [0.1, 0.15) is 0 Å². The Morgan fingerprint density at radius 2 is 2.27 bits per heavy atom. The largest absolute Gasteiger partial charge is 0.368 e.